The van der Waals surface area contributed by atoms with Gasteiger partial charge in [-0.25, -0.2) is 0 Å². The molecule has 0 fully saturated rings. The molecule has 3 rings (SSSR count). The predicted molar refractivity (Wildman–Crippen MR) is 92.8 cm³/mol. The zero-order valence-electron chi connectivity index (χ0n) is 12.7. The Hall–Kier alpha value is -2.39. The van der Waals surface area contributed by atoms with E-state index in [1.54, 1.807) is 30.3 Å². The number of benzene rings is 1. The van der Waals surface area contributed by atoms with Crippen LogP contribution in [-0.2, 0) is 0 Å². The number of methoxy groups -OCH3 is 2. The molecular formula is C15H12BrN3O4S. The third-order valence-electron chi connectivity index (χ3n) is 3.08. The van der Waals surface area contributed by atoms with Gasteiger partial charge in [-0.2, -0.15) is 0 Å². The van der Waals surface area contributed by atoms with Crippen LogP contribution < -0.4 is 14.8 Å². The molecule has 0 unspecified atom stereocenters. The Balaban J connectivity index is 1.85. The first-order chi connectivity index (χ1) is 11.6. The van der Waals surface area contributed by atoms with Gasteiger partial charge in [0.15, 0.2) is 15.4 Å². The normalized spacial score (nSPS) is 10.5. The molecule has 0 aliphatic carbocycles. The highest BCUT2D eigenvalue weighted by molar-refractivity contribution is 9.10. The molecule has 0 aliphatic rings. The number of rotatable bonds is 5. The van der Waals surface area contributed by atoms with Crippen LogP contribution in [0, 0.1) is 0 Å². The summed E-state index contributed by atoms with van der Waals surface area (Å²) in [6.45, 7) is 0. The third-order valence-corrected chi connectivity index (χ3v) is 4.36. The van der Waals surface area contributed by atoms with Crippen LogP contribution in [0.2, 0.25) is 0 Å². The molecule has 0 aliphatic heterocycles. The molecule has 2 heterocycles. The van der Waals surface area contributed by atoms with Crippen molar-refractivity contribution in [3.8, 4) is 22.3 Å². The van der Waals surface area contributed by atoms with Crippen molar-refractivity contribution in [2.75, 3.05) is 19.5 Å². The zero-order valence-corrected chi connectivity index (χ0v) is 15.1. The van der Waals surface area contributed by atoms with Gasteiger partial charge in [0.25, 0.3) is 5.91 Å². The minimum Gasteiger partial charge on any atom is -0.496 e. The van der Waals surface area contributed by atoms with E-state index in [1.807, 2.05) is 0 Å². The lowest BCUT2D eigenvalue weighted by molar-refractivity contribution is 0.102. The minimum atomic E-state index is -0.396. The van der Waals surface area contributed by atoms with Crippen LogP contribution in [0.4, 0.5) is 5.13 Å². The lowest BCUT2D eigenvalue weighted by Crippen LogP contribution is -2.14. The average molecular weight is 410 g/mol. The maximum atomic E-state index is 12.6. The van der Waals surface area contributed by atoms with Crippen LogP contribution >= 0.6 is 27.3 Å². The Morgan fingerprint density at radius 3 is 2.46 bits per heavy atom. The van der Waals surface area contributed by atoms with Gasteiger partial charge < -0.3 is 13.9 Å². The number of hydrogen-bond donors (Lipinski definition) is 1. The number of nitrogens with one attached hydrogen (secondary N) is 1. The topological polar surface area (TPSA) is 86.5 Å². The summed E-state index contributed by atoms with van der Waals surface area (Å²) in [5.41, 5.74) is 0.292. The second-order valence-electron chi connectivity index (χ2n) is 4.51. The first-order valence-electron chi connectivity index (χ1n) is 6.74. The number of anilines is 1. The van der Waals surface area contributed by atoms with Crippen molar-refractivity contribution in [3.63, 3.8) is 0 Å². The lowest BCUT2D eigenvalue weighted by Gasteiger charge is -2.11. The maximum absolute atomic E-state index is 12.6. The molecule has 24 heavy (non-hydrogen) atoms. The quantitative estimate of drug-likeness (QED) is 0.688. The summed E-state index contributed by atoms with van der Waals surface area (Å²) in [4.78, 5) is 12.6. The van der Waals surface area contributed by atoms with E-state index in [1.165, 1.54) is 25.6 Å². The van der Waals surface area contributed by atoms with Crippen LogP contribution in [-0.4, -0.2) is 30.3 Å². The van der Waals surface area contributed by atoms with Gasteiger partial charge in [-0.05, 0) is 40.2 Å². The highest BCUT2D eigenvalue weighted by atomic mass is 79.9. The molecule has 9 heteroatoms. The highest BCUT2D eigenvalue weighted by Crippen LogP contribution is 2.32. The molecule has 0 bridgehead atoms. The Bertz CT molecular complexity index is 855. The molecule has 3 aromatic rings. The van der Waals surface area contributed by atoms with Crippen LogP contribution in [0.3, 0.4) is 0 Å². The van der Waals surface area contributed by atoms with Crippen LogP contribution in [0.25, 0.3) is 10.8 Å². The Morgan fingerprint density at radius 1 is 1.17 bits per heavy atom. The average Bonchev–Trinajstić information content (AvgIpc) is 3.22. The van der Waals surface area contributed by atoms with Gasteiger partial charge in [-0.1, -0.05) is 17.4 Å². The number of ether oxygens (including phenoxy) is 2. The number of carbonyl (C=O) groups is 1. The van der Waals surface area contributed by atoms with Gasteiger partial charge in [0, 0.05) is 0 Å². The summed E-state index contributed by atoms with van der Waals surface area (Å²) in [5, 5.41) is 11.6. The predicted octanol–water partition coefficient (Wildman–Crippen LogP) is 3.83. The Labute approximate surface area is 149 Å². The monoisotopic (exact) mass is 409 g/mol. The van der Waals surface area contributed by atoms with E-state index >= 15 is 0 Å². The SMILES string of the molecule is COc1cccc(OC)c1C(=O)Nc1nnc(-c2ccc(Br)o2)s1. The van der Waals surface area contributed by atoms with E-state index in [-0.39, 0.29) is 0 Å². The Morgan fingerprint density at radius 2 is 1.88 bits per heavy atom. The summed E-state index contributed by atoms with van der Waals surface area (Å²) in [6, 6.07) is 8.63. The van der Waals surface area contributed by atoms with Gasteiger partial charge in [0.05, 0.1) is 14.2 Å². The zero-order chi connectivity index (χ0) is 17.1. The summed E-state index contributed by atoms with van der Waals surface area (Å²) in [6.07, 6.45) is 0. The first-order valence-corrected chi connectivity index (χ1v) is 8.35. The molecule has 7 nitrogen and oxygen atoms in total. The van der Waals surface area contributed by atoms with E-state index in [2.05, 4.69) is 31.4 Å². The Kier molecular flexibility index (Phi) is 4.81. The van der Waals surface area contributed by atoms with E-state index in [9.17, 15) is 4.79 Å². The van der Waals surface area contributed by atoms with Crippen molar-refractivity contribution in [1.82, 2.24) is 10.2 Å². The second kappa shape index (κ2) is 7.02. The summed E-state index contributed by atoms with van der Waals surface area (Å²) in [7, 11) is 2.98. The lowest BCUT2D eigenvalue weighted by atomic mass is 10.1. The molecule has 1 amide bonds. The highest BCUT2D eigenvalue weighted by Gasteiger charge is 2.20. The molecule has 0 radical (unpaired) electrons. The van der Waals surface area contributed by atoms with Crippen molar-refractivity contribution in [2.45, 2.75) is 0 Å². The van der Waals surface area contributed by atoms with Crippen molar-refractivity contribution < 1.29 is 18.7 Å². The smallest absolute Gasteiger partial charge is 0.265 e. The summed E-state index contributed by atoms with van der Waals surface area (Å²) in [5.74, 6) is 0.987. The minimum absolute atomic E-state index is 0.292. The molecule has 0 saturated carbocycles. The van der Waals surface area contributed by atoms with Crippen molar-refractivity contribution in [3.05, 3.63) is 40.6 Å². The summed E-state index contributed by atoms with van der Waals surface area (Å²) >= 11 is 4.43. The molecule has 2 aromatic heterocycles. The molecule has 1 N–H and O–H groups in total. The fourth-order valence-corrected chi connectivity index (χ4v) is 3.04. The number of halogens is 1. The van der Waals surface area contributed by atoms with E-state index in [0.29, 0.717) is 37.6 Å². The number of amides is 1. The largest absolute Gasteiger partial charge is 0.496 e. The molecule has 1 aromatic carbocycles. The van der Waals surface area contributed by atoms with Gasteiger partial charge in [0.2, 0.25) is 5.13 Å². The van der Waals surface area contributed by atoms with Crippen LogP contribution in [0.5, 0.6) is 11.5 Å². The molecule has 0 spiro atoms. The summed E-state index contributed by atoms with van der Waals surface area (Å²) < 4.78 is 16.5. The van der Waals surface area contributed by atoms with E-state index < -0.39 is 5.91 Å². The number of nitrogens with zero attached hydrogens (tertiary/aromatic N) is 2. The van der Waals surface area contributed by atoms with Gasteiger partial charge in [0.1, 0.15) is 17.1 Å². The number of carbonyl (C=O) groups excluding carboxylic acids is 1. The fourth-order valence-electron chi connectivity index (χ4n) is 2.04. The number of aromatic nitrogens is 2. The number of furan rings is 1. The molecule has 0 saturated heterocycles. The second-order valence-corrected chi connectivity index (χ2v) is 6.27. The van der Waals surface area contributed by atoms with Gasteiger partial charge in [-0.15, -0.1) is 10.2 Å². The first kappa shape index (κ1) is 16.5. The van der Waals surface area contributed by atoms with Crippen molar-refractivity contribution in [2.24, 2.45) is 0 Å². The van der Waals surface area contributed by atoms with Crippen molar-refractivity contribution in [1.29, 1.82) is 0 Å². The van der Waals surface area contributed by atoms with Crippen molar-refractivity contribution >= 4 is 38.3 Å². The molecule has 0 atom stereocenters. The van der Waals surface area contributed by atoms with Crippen LogP contribution in [0.1, 0.15) is 10.4 Å². The van der Waals surface area contributed by atoms with Gasteiger partial charge >= 0.3 is 0 Å². The standard InChI is InChI=1S/C15H12BrN3O4S/c1-21-8-4-3-5-9(22-2)12(8)13(20)17-15-19-18-14(24-15)10-6-7-11(16)23-10/h3-7H,1-2H3,(H,17,19,20). The van der Waals surface area contributed by atoms with E-state index in [4.69, 9.17) is 13.9 Å². The number of hydrogen-bond acceptors (Lipinski definition) is 7. The third kappa shape index (κ3) is 3.26. The molecular weight excluding hydrogens is 398 g/mol. The maximum Gasteiger partial charge on any atom is 0.265 e. The van der Waals surface area contributed by atoms with Crippen LogP contribution in [0.15, 0.2) is 39.4 Å². The van der Waals surface area contributed by atoms with E-state index in [0.717, 1.165) is 0 Å². The molecule has 124 valence electrons. The van der Waals surface area contributed by atoms with Gasteiger partial charge in [-0.3, -0.25) is 10.1 Å². The fraction of sp³-hybridized carbons (Fsp3) is 0.133.